The number of benzene rings is 1. The van der Waals surface area contributed by atoms with Crippen LogP contribution in [0, 0.1) is 20.8 Å². The Hall–Kier alpha value is -2.07. The number of aryl methyl sites for hydroxylation is 3. The van der Waals surface area contributed by atoms with Gasteiger partial charge in [-0.25, -0.2) is 0 Å². The van der Waals surface area contributed by atoms with Crippen LogP contribution in [0.25, 0.3) is 21.5 Å². The Morgan fingerprint density at radius 1 is 1.24 bits per heavy atom. The lowest BCUT2D eigenvalue weighted by atomic mass is 10.0. The average Bonchev–Trinajstić information content (AvgIpc) is 2.94. The normalized spacial score (nSPS) is 11.2. The molecule has 0 aliphatic rings. The molecular weight excluding hydrogens is 282 g/mol. The summed E-state index contributed by atoms with van der Waals surface area (Å²) in [5.41, 5.74) is 5.17. The number of rotatable bonds is 3. The van der Waals surface area contributed by atoms with Gasteiger partial charge < -0.3 is 10.1 Å². The number of carboxylic acids is 1. The van der Waals surface area contributed by atoms with E-state index in [0.29, 0.717) is 0 Å². The van der Waals surface area contributed by atoms with Crippen molar-refractivity contribution in [2.24, 2.45) is 0 Å². The number of carbonyl (C=O) groups is 1. The van der Waals surface area contributed by atoms with Crippen molar-refractivity contribution in [1.82, 2.24) is 4.98 Å². The molecule has 21 heavy (non-hydrogen) atoms. The minimum Gasteiger partial charge on any atom is -0.481 e. The molecule has 3 aromatic rings. The lowest BCUT2D eigenvalue weighted by Crippen LogP contribution is -2.00. The molecule has 0 aliphatic heterocycles. The van der Waals surface area contributed by atoms with Gasteiger partial charge in [0.05, 0.1) is 17.0 Å². The summed E-state index contributed by atoms with van der Waals surface area (Å²) in [6, 6.07) is 8.31. The summed E-state index contributed by atoms with van der Waals surface area (Å²) < 4.78 is 0. The monoisotopic (exact) mass is 299 g/mol. The second-order valence-electron chi connectivity index (χ2n) is 5.46. The van der Waals surface area contributed by atoms with E-state index in [2.05, 4.69) is 43.1 Å². The first-order valence-electron chi connectivity index (χ1n) is 6.86. The zero-order valence-corrected chi connectivity index (χ0v) is 13.1. The first-order chi connectivity index (χ1) is 9.95. The van der Waals surface area contributed by atoms with E-state index in [9.17, 15) is 9.90 Å². The van der Waals surface area contributed by atoms with Gasteiger partial charge in [-0.05, 0) is 50.1 Å². The third kappa shape index (κ3) is 2.47. The van der Waals surface area contributed by atoms with Gasteiger partial charge in [0.1, 0.15) is 0 Å². The molecule has 4 heteroatoms. The number of aromatic amines is 1. The van der Waals surface area contributed by atoms with Crippen molar-refractivity contribution in [3.05, 3.63) is 45.8 Å². The first-order valence-corrected chi connectivity index (χ1v) is 7.67. The molecule has 0 aliphatic carbocycles. The molecule has 2 heterocycles. The van der Waals surface area contributed by atoms with Crippen LogP contribution in [0.4, 0.5) is 0 Å². The van der Waals surface area contributed by atoms with E-state index < -0.39 is 5.97 Å². The van der Waals surface area contributed by atoms with E-state index in [1.54, 1.807) is 11.3 Å². The van der Waals surface area contributed by atoms with Gasteiger partial charge in [-0.2, -0.15) is 0 Å². The lowest BCUT2D eigenvalue weighted by molar-refractivity contribution is -0.136. The van der Waals surface area contributed by atoms with E-state index >= 15 is 0 Å². The van der Waals surface area contributed by atoms with Crippen LogP contribution in [0.5, 0.6) is 0 Å². The van der Waals surface area contributed by atoms with E-state index in [1.165, 1.54) is 4.88 Å². The fourth-order valence-corrected chi connectivity index (χ4v) is 3.72. The maximum atomic E-state index is 11.3. The van der Waals surface area contributed by atoms with Crippen molar-refractivity contribution in [2.75, 3.05) is 0 Å². The summed E-state index contributed by atoms with van der Waals surface area (Å²) in [5, 5.41) is 10.3. The number of hydrogen-bond donors (Lipinski definition) is 2. The van der Waals surface area contributed by atoms with Crippen molar-refractivity contribution in [3.8, 4) is 10.6 Å². The Kier molecular flexibility index (Phi) is 3.33. The second-order valence-corrected chi connectivity index (χ2v) is 6.75. The molecule has 0 radical (unpaired) electrons. The summed E-state index contributed by atoms with van der Waals surface area (Å²) in [4.78, 5) is 17.0. The van der Waals surface area contributed by atoms with Gasteiger partial charge in [-0.15, -0.1) is 11.3 Å². The number of H-pyrrole nitrogens is 1. The summed E-state index contributed by atoms with van der Waals surface area (Å²) in [6.07, 6.45) is 0.0369. The standard InChI is InChI=1S/C17H17NO2S/c1-9-6-10(2)16-12(7-9)13(8-15(19)20)17(18-16)14-5-4-11(3)21-14/h4-7,18H,8H2,1-3H3,(H,19,20). The SMILES string of the molecule is Cc1cc(C)c2[nH]c(-c3ccc(C)s3)c(CC(=O)O)c2c1. The number of hydrogen-bond acceptors (Lipinski definition) is 2. The summed E-state index contributed by atoms with van der Waals surface area (Å²) in [6.45, 7) is 6.15. The molecule has 0 amide bonds. The quantitative estimate of drug-likeness (QED) is 0.750. The van der Waals surface area contributed by atoms with Gasteiger partial charge in [0.2, 0.25) is 0 Å². The minimum absolute atomic E-state index is 0.0369. The van der Waals surface area contributed by atoms with Gasteiger partial charge in [-0.1, -0.05) is 11.6 Å². The third-order valence-corrected chi connectivity index (χ3v) is 4.69. The minimum atomic E-state index is -0.801. The predicted octanol–water partition coefficient (Wildman–Crippen LogP) is 4.45. The number of thiophene rings is 1. The molecule has 2 aromatic heterocycles. The topological polar surface area (TPSA) is 53.1 Å². The number of nitrogens with one attached hydrogen (secondary N) is 1. The van der Waals surface area contributed by atoms with Crippen molar-refractivity contribution in [1.29, 1.82) is 0 Å². The van der Waals surface area contributed by atoms with Gasteiger partial charge in [0.15, 0.2) is 0 Å². The molecule has 3 nitrogen and oxygen atoms in total. The van der Waals surface area contributed by atoms with Crippen LogP contribution in [-0.4, -0.2) is 16.1 Å². The third-order valence-electron chi connectivity index (χ3n) is 3.67. The van der Waals surface area contributed by atoms with Crippen molar-refractivity contribution >= 4 is 28.2 Å². The molecule has 0 fully saturated rings. The summed E-state index contributed by atoms with van der Waals surface area (Å²) >= 11 is 1.68. The van der Waals surface area contributed by atoms with E-state index in [-0.39, 0.29) is 6.42 Å². The second kappa shape index (κ2) is 5.04. The number of carboxylic acid groups (broad SMARTS) is 1. The van der Waals surface area contributed by atoms with Crippen LogP contribution in [0.3, 0.4) is 0 Å². The maximum Gasteiger partial charge on any atom is 0.307 e. The van der Waals surface area contributed by atoms with E-state index in [0.717, 1.165) is 38.2 Å². The molecule has 0 unspecified atom stereocenters. The number of aliphatic carboxylic acids is 1. The van der Waals surface area contributed by atoms with Crippen LogP contribution in [-0.2, 0) is 11.2 Å². The molecule has 0 saturated heterocycles. The maximum absolute atomic E-state index is 11.3. The number of aromatic nitrogens is 1. The lowest BCUT2D eigenvalue weighted by Gasteiger charge is -2.01. The Morgan fingerprint density at radius 2 is 2.00 bits per heavy atom. The zero-order valence-electron chi connectivity index (χ0n) is 12.3. The molecule has 2 N–H and O–H groups in total. The molecular formula is C17H17NO2S. The van der Waals surface area contributed by atoms with Crippen molar-refractivity contribution in [3.63, 3.8) is 0 Å². The largest absolute Gasteiger partial charge is 0.481 e. The fourth-order valence-electron chi connectivity index (χ4n) is 2.82. The van der Waals surface area contributed by atoms with Crippen LogP contribution < -0.4 is 0 Å². The molecule has 0 atom stereocenters. The van der Waals surface area contributed by atoms with Crippen LogP contribution >= 0.6 is 11.3 Å². The highest BCUT2D eigenvalue weighted by Gasteiger charge is 2.18. The van der Waals surface area contributed by atoms with Crippen LogP contribution in [0.2, 0.25) is 0 Å². The Bertz CT molecular complexity index is 842. The summed E-state index contributed by atoms with van der Waals surface area (Å²) in [5.74, 6) is -0.801. The smallest absolute Gasteiger partial charge is 0.307 e. The van der Waals surface area contributed by atoms with Crippen molar-refractivity contribution in [2.45, 2.75) is 27.2 Å². The number of fused-ring (bicyclic) bond motifs is 1. The Balaban J connectivity index is 2.32. The van der Waals surface area contributed by atoms with Crippen LogP contribution in [0.15, 0.2) is 24.3 Å². The zero-order chi connectivity index (χ0) is 15.1. The van der Waals surface area contributed by atoms with Gasteiger partial charge in [-0.3, -0.25) is 4.79 Å². The van der Waals surface area contributed by atoms with Crippen LogP contribution in [0.1, 0.15) is 21.6 Å². The highest BCUT2D eigenvalue weighted by atomic mass is 32.1. The highest BCUT2D eigenvalue weighted by molar-refractivity contribution is 7.15. The van der Waals surface area contributed by atoms with Gasteiger partial charge in [0.25, 0.3) is 0 Å². The molecule has 1 aromatic carbocycles. The molecule has 0 saturated carbocycles. The van der Waals surface area contributed by atoms with E-state index in [1.807, 2.05) is 6.92 Å². The Labute approximate surface area is 127 Å². The van der Waals surface area contributed by atoms with Crippen molar-refractivity contribution < 1.29 is 9.90 Å². The van der Waals surface area contributed by atoms with Gasteiger partial charge in [0, 0.05) is 15.8 Å². The highest BCUT2D eigenvalue weighted by Crippen LogP contribution is 2.36. The molecule has 0 spiro atoms. The average molecular weight is 299 g/mol. The molecule has 3 rings (SSSR count). The van der Waals surface area contributed by atoms with E-state index in [4.69, 9.17) is 0 Å². The summed E-state index contributed by atoms with van der Waals surface area (Å²) in [7, 11) is 0. The van der Waals surface area contributed by atoms with Gasteiger partial charge >= 0.3 is 5.97 Å². The Morgan fingerprint density at radius 3 is 2.62 bits per heavy atom. The molecule has 108 valence electrons. The fraction of sp³-hybridized carbons (Fsp3) is 0.235. The molecule has 0 bridgehead atoms. The first kappa shape index (κ1) is 13.9. The predicted molar refractivity (Wildman–Crippen MR) is 87.2 cm³/mol.